The van der Waals surface area contributed by atoms with E-state index < -0.39 is 0 Å². The number of rotatable bonds is 2. The third-order valence-corrected chi connectivity index (χ3v) is 2.93. The maximum Gasteiger partial charge on any atom is 0.163 e. The first kappa shape index (κ1) is 12.4. The number of ether oxygens (including phenoxy) is 2. The first-order valence-corrected chi connectivity index (χ1v) is 6.59. The van der Waals surface area contributed by atoms with E-state index in [9.17, 15) is 0 Å². The fourth-order valence-corrected chi connectivity index (χ4v) is 1.97. The number of fused-ring (bicyclic) bond motifs is 1. The molecule has 1 heterocycles. The van der Waals surface area contributed by atoms with Gasteiger partial charge in [0.25, 0.3) is 0 Å². The Morgan fingerprint density at radius 2 is 1.75 bits per heavy atom. The summed E-state index contributed by atoms with van der Waals surface area (Å²) in [5.74, 6) is 7.80. The second kappa shape index (κ2) is 6.03. The van der Waals surface area contributed by atoms with Crippen molar-refractivity contribution in [2.75, 3.05) is 25.1 Å². The fourth-order valence-electron chi connectivity index (χ4n) is 1.97. The number of benzene rings is 2. The predicted octanol–water partition coefficient (Wildman–Crippen LogP) is 2.92. The molecule has 3 heteroatoms. The maximum absolute atomic E-state index is 5.54. The molecule has 0 saturated carbocycles. The van der Waals surface area contributed by atoms with E-state index in [1.807, 2.05) is 48.5 Å². The Labute approximate surface area is 118 Å². The van der Waals surface area contributed by atoms with E-state index in [-0.39, 0.29) is 0 Å². The summed E-state index contributed by atoms with van der Waals surface area (Å²) >= 11 is 0. The lowest BCUT2D eigenvalue weighted by Gasteiger charge is -2.18. The van der Waals surface area contributed by atoms with Gasteiger partial charge in [0.1, 0.15) is 13.2 Å². The van der Waals surface area contributed by atoms with E-state index in [1.54, 1.807) is 0 Å². The second-order valence-electron chi connectivity index (χ2n) is 4.38. The first-order valence-electron chi connectivity index (χ1n) is 6.59. The first-order chi connectivity index (χ1) is 9.92. The SMILES string of the molecule is C(#Cc1ccccc1)CNc1ccc2c(c1)OCCO2. The lowest BCUT2D eigenvalue weighted by molar-refractivity contribution is 0.171. The van der Waals surface area contributed by atoms with Crippen LogP contribution in [0.3, 0.4) is 0 Å². The minimum atomic E-state index is 0.592. The molecule has 20 heavy (non-hydrogen) atoms. The molecular weight excluding hydrogens is 250 g/mol. The molecule has 0 unspecified atom stereocenters. The summed E-state index contributed by atoms with van der Waals surface area (Å²) in [6.45, 7) is 1.81. The zero-order valence-corrected chi connectivity index (χ0v) is 11.1. The van der Waals surface area contributed by atoms with E-state index in [4.69, 9.17) is 9.47 Å². The van der Waals surface area contributed by atoms with Crippen molar-refractivity contribution >= 4 is 5.69 Å². The Morgan fingerprint density at radius 3 is 2.60 bits per heavy atom. The number of nitrogens with one attached hydrogen (secondary N) is 1. The molecule has 1 aliphatic rings. The van der Waals surface area contributed by atoms with Crippen molar-refractivity contribution in [3.8, 4) is 23.3 Å². The van der Waals surface area contributed by atoms with Crippen molar-refractivity contribution in [1.82, 2.24) is 0 Å². The minimum absolute atomic E-state index is 0.592. The average Bonchev–Trinajstić information content (AvgIpc) is 2.52. The summed E-state index contributed by atoms with van der Waals surface area (Å²) in [7, 11) is 0. The molecule has 3 rings (SSSR count). The second-order valence-corrected chi connectivity index (χ2v) is 4.38. The lowest BCUT2D eigenvalue weighted by Crippen LogP contribution is -2.15. The third-order valence-electron chi connectivity index (χ3n) is 2.93. The van der Waals surface area contributed by atoms with Crippen LogP contribution in [0.15, 0.2) is 48.5 Å². The van der Waals surface area contributed by atoms with Gasteiger partial charge in [0.05, 0.1) is 6.54 Å². The molecule has 0 aliphatic carbocycles. The molecular formula is C17H15NO2. The van der Waals surface area contributed by atoms with Gasteiger partial charge in [0, 0.05) is 17.3 Å². The summed E-state index contributed by atoms with van der Waals surface area (Å²) in [5, 5.41) is 3.26. The van der Waals surface area contributed by atoms with Crippen molar-refractivity contribution in [2.45, 2.75) is 0 Å². The zero-order valence-electron chi connectivity index (χ0n) is 11.1. The topological polar surface area (TPSA) is 30.5 Å². The normalized spacial score (nSPS) is 12.2. The van der Waals surface area contributed by atoms with Crippen molar-refractivity contribution in [2.24, 2.45) is 0 Å². The van der Waals surface area contributed by atoms with Gasteiger partial charge in [-0.25, -0.2) is 0 Å². The molecule has 0 fully saturated rings. The summed E-state index contributed by atoms with van der Waals surface area (Å²) in [6, 6.07) is 15.8. The molecule has 1 N–H and O–H groups in total. The van der Waals surface area contributed by atoms with Gasteiger partial charge < -0.3 is 14.8 Å². The molecule has 100 valence electrons. The zero-order chi connectivity index (χ0) is 13.6. The van der Waals surface area contributed by atoms with Crippen LogP contribution in [0.2, 0.25) is 0 Å². The predicted molar refractivity (Wildman–Crippen MR) is 79.2 cm³/mol. The van der Waals surface area contributed by atoms with Crippen LogP contribution in [-0.2, 0) is 0 Å². The van der Waals surface area contributed by atoms with E-state index in [0.717, 1.165) is 22.7 Å². The monoisotopic (exact) mass is 265 g/mol. The summed E-state index contributed by atoms with van der Waals surface area (Å²) < 4.78 is 11.0. The van der Waals surface area contributed by atoms with Gasteiger partial charge in [-0.15, -0.1) is 0 Å². The summed E-state index contributed by atoms with van der Waals surface area (Å²) in [4.78, 5) is 0. The molecule has 3 nitrogen and oxygen atoms in total. The van der Waals surface area contributed by atoms with Crippen LogP contribution in [0.4, 0.5) is 5.69 Å². The van der Waals surface area contributed by atoms with Gasteiger partial charge in [-0.3, -0.25) is 0 Å². The summed E-state index contributed by atoms with van der Waals surface area (Å²) in [6.07, 6.45) is 0. The fraction of sp³-hybridized carbons (Fsp3) is 0.176. The van der Waals surface area contributed by atoms with Crippen LogP contribution < -0.4 is 14.8 Å². The lowest BCUT2D eigenvalue weighted by atomic mass is 10.2. The van der Waals surface area contributed by atoms with Crippen LogP contribution in [0, 0.1) is 11.8 Å². The molecule has 0 spiro atoms. The third kappa shape index (κ3) is 3.04. The Hall–Kier alpha value is -2.60. The van der Waals surface area contributed by atoms with E-state index in [0.29, 0.717) is 19.8 Å². The van der Waals surface area contributed by atoms with Crippen molar-refractivity contribution < 1.29 is 9.47 Å². The molecule has 2 aromatic rings. The molecule has 0 radical (unpaired) electrons. The standard InChI is InChI=1S/C17H15NO2/c1-2-5-14(6-3-1)7-4-10-18-15-8-9-16-17(13-15)20-12-11-19-16/h1-3,5-6,8-9,13,18H,10-12H2. The highest BCUT2D eigenvalue weighted by atomic mass is 16.6. The van der Waals surface area contributed by atoms with Crippen LogP contribution in [-0.4, -0.2) is 19.8 Å². The Bertz CT molecular complexity index is 641. The van der Waals surface area contributed by atoms with Crippen LogP contribution >= 0.6 is 0 Å². The molecule has 2 aromatic carbocycles. The molecule has 1 aliphatic heterocycles. The van der Waals surface area contributed by atoms with Crippen molar-refractivity contribution in [1.29, 1.82) is 0 Å². The highest BCUT2D eigenvalue weighted by Crippen LogP contribution is 2.32. The summed E-state index contributed by atoms with van der Waals surface area (Å²) in [5.41, 5.74) is 2.01. The van der Waals surface area contributed by atoms with E-state index >= 15 is 0 Å². The smallest absolute Gasteiger partial charge is 0.163 e. The van der Waals surface area contributed by atoms with E-state index in [2.05, 4.69) is 17.2 Å². The van der Waals surface area contributed by atoms with Crippen molar-refractivity contribution in [3.63, 3.8) is 0 Å². The number of anilines is 1. The van der Waals surface area contributed by atoms with Gasteiger partial charge in [-0.1, -0.05) is 30.0 Å². The van der Waals surface area contributed by atoms with Crippen LogP contribution in [0.1, 0.15) is 5.56 Å². The number of hydrogen-bond acceptors (Lipinski definition) is 3. The van der Waals surface area contributed by atoms with Gasteiger partial charge in [-0.05, 0) is 24.3 Å². The Kier molecular flexibility index (Phi) is 3.75. The molecule has 0 saturated heterocycles. The van der Waals surface area contributed by atoms with Crippen LogP contribution in [0.5, 0.6) is 11.5 Å². The average molecular weight is 265 g/mol. The number of hydrogen-bond donors (Lipinski definition) is 1. The van der Waals surface area contributed by atoms with Gasteiger partial charge in [0.2, 0.25) is 0 Å². The largest absolute Gasteiger partial charge is 0.486 e. The highest BCUT2D eigenvalue weighted by molar-refractivity contribution is 5.55. The van der Waals surface area contributed by atoms with Crippen molar-refractivity contribution in [3.05, 3.63) is 54.1 Å². The van der Waals surface area contributed by atoms with Crippen LogP contribution in [0.25, 0.3) is 0 Å². The van der Waals surface area contributed by atoms with E-state index in [1.165, 1.54) is 0 Å². The molecule has 0 bridgehead atoms. The van der Waals surface area contributed by atoms with Gasteiger partial charge in [-0.2, -0.15) is 0 Å². The minimum Gasteiger partial charge on any atom is -0.486 e. The van der Waals surface area contributed by atoms with Gasteiger partial charge >= 0.3 is 0 Å². The molecule has 0 atom stereocenters. The highest BCUT2D eigenvalue weighted by Gasteiger charge is 2.10. The quantitative estimate of drug-likeness (QED) is 0.847. The molecule has 0 aromatic heterocycles. The Balaban J connectivity index is 1.60. The molecule has 0 amide bonds. The van der Waals surface area contributed by atoms with Gasteiger partial charge in [0.15, 0.2) is 11.5 Å². The maximum atomic E-state index is 5.54. The Morgan fingerprint density at radius 1 is 0.950 bits per heavy atom.